The van der Waals surface area contributed by atoms with Crippen molar-refractivity contribution in [3.8, 4) is 5.75 Å². The van der Waals surface area contributed by atoms with Gasteiger partial charge in [0.1, 0.15) is 18.2 Å². The van der Waals surface area contributed by atoms with Crippen LogP contribution in [-0.4, -0.2) is 42.3 Å². The Morgan fingerprint density at radius 3 is 2.65 bits per heavy atom. The van der Waals surface area contributed by atoms with Gasteiger partial charge in [0, 0.05) is 31.5 Å². The Morgan fingerprint density at radius 1 is 1.10 bits per heavy atom. The number of hydrogen-bond acceptors (Lipinski definition) is 7. The molecule has 0 bridgehead atoms. The fourth-order valence-electron chi connectivity index (χ4n) is 2.52. The van der Waals surface area contributed by atoms with E-state index >= 15 is 0 Å². The van der Waals surface area contributed by atoms with Crippen LogP contribution in [0.15, 0.2) is 48.5 Å². The monoisotopic (exact) mass is 444 g/mol. The van der Waals surface area contributed by atoms with E-state index in [9.17, 15) is 14.0 Å². The number of anilines is 1. The molecule has 162 valence electrons. The number of aromatic nitrogens is 2. The van der Waals surface area contributed by atoms with Gasteiger partial charge in [-0.1, -0.05) is 17.4 Å². The van der Waals surface area contributed by atoms with Crippen LogP contribution in [0.3, 0.4) is 0 Å². The highest BCUT2D eigenvalue weighted by Crippen LogP contribution is 2.18. The number of halogens is 1. The van der Waals surface area contributed by atoms with Crippen LogP contribution in [0.25, 0.3) is 0 Å². The second-order valence-electron chi connectivity index (χ2n) is 6.38. The second-order valence-corrected chi connectivity index (χ2v) is 7.44. The molecule has 0 aliphatic heterocycles. The van der Waals surface area contributed by atoms with Crippen molar-refractivity contribution in [1.29, 1.82) is 0 Å². The standard InChI is InChI=1S/C21H21FN4O4S/c1-29-11-3-10-23-19(27)14-6-8-17(9-7-14)30-13-18-25-26-21(31-18)20(28)24-16-5-2-4-15(22)12-16/h2,4-9,12H,3,10-11,13H2,1H3,(H,23,27)(H,24,28). The Balaban J connectivity index is 1.48. The normalized spacial score (nSPS) is 10.5. The predicted molar refractivity (Wildman–Crippen MR) is 114 cm³/mol. The van der Waals surface area contributed by atoms with Gasteiger partial charge in [-0.2, -0.15) is 0 Å². The lowest BCUT2D eigenvalue weighted by atomic mass is 10.2. The van der Waals surface area contributed by atoms with Crippen LogP contribution in [0.5, 0.6) is 5.75 Å². The molecular formula is C21H21FN4O4S. The van der Waals surface area contributed by atoms with Crippen LogP contribution >= 0.6 is 11.3 Å². The van der Waals surface area contributed by atoms with Crippen LogP contribution in [0, 0.1) is 5.82 Å². The molecule has 0 saturated carbocycles. The third kappa shape index (κ3) is 6.83. The summed E-state index contributed by atoms with van der Waals surface area (Å²) in [6, 6.07) is 12.3. The van der Waals surface area contributed by atoms with Crippen molar-refractivity contribution in [3.05, 3.63) is 69.9 Å². The molecule has 0 aliphatic rings. The summed E-state index contributed by atoms with van der Waals surface area (Å²) in [6.07, 6.45) is 0.744. The number of benzene rings is 2. The molecule has 0 fully saturated rings. The first-order chi connectivity index (χ1) is 15.0. The zero-order valence-corrected chi connectivity index (χ0v) is 17.6. The number of hydrogen-bond donors (Lipinski definition) is 2. The van der Waals surface area contributed by atoms with Crippen LogP contribution in [0.4, 0.5) is 10.1 Å². The van der Waals surface area contributed by atoms with E-state index in [1.54, 1.807) is 37.4 Å². The summed E-state index contributed by atoms with van der Waals surface area (Å²) in [7, 11) is 1.62. The van der Waals surface area contributed by atoms with E-state index in [1.165, 1.54) is 18.2 Å². The van der Waals surface area contributed by atoms with E-state index in [2.05, 4.69) is 20.8 Å². The summed E-state index contributed by atoms with van der Waals surface area (Å²) in [5.41, 5.74) is 0.859. The summed E-state index contributed by atoms with van der Waals surface area (Å²) in [5.74, 6) is -0.536. The summed E-state index contributed by atoms with van der Waals surface area (Å²) in [5, 5.41) is 13.8. The number of carbonyl (C=O) groups excluding carboxylic acids is 2. The summed E-state index contributed by atoms with van der Waals surface area (Å²) in [6.45, 7) is 1.25. The molecule has 0 atom stereocenters. The molecule has 0 spiro atoms. The topological polar surface area (TPSA) is 102 Å². The fourth-order valence-corrected chi connectivity index (χ4v) is 3.17. The number of nitrogens with zero attached hydrogens (tertiary/aromatic N) is 2. The lowest BCUT2D eigenvalue weighted by Gasteiger charge is -2.07. The number of nitrogens with one attached hydrogen (secondary N) is 2. The molecular weight excluding hydrogens is 423 g/mol. The van der Waals surface area contributed by atoms with Gasteiger partial charge in [0.15, 0.2) is 5.01 Å². The molecule has 8 nitrogen and oxygen atoms in total. The lowest BCUT2D eigenvalue weighted by Crippen LogP contribution is -2.25. The molecule has 1 aromatic heterocycles. The first-order valence-electron chi connectivity index (χ1n) is 9.44. The van der Waals surface area contributed by atoms with Gasteiger partial charge in [-0.05, 0) is 48.9 Å². The average molecular weight is 444 g/mol. The number of carbonyl (C=O) groups is 2. The zero-order chi connectivity index (χ0) is 22.1. The van der Waals surface area contributed by atoms with Crippen LogP contribution in [0.2, 0.25) is 0 Å². The second kappa shape index (κ2) is 11.1. The Morgan fingerprint density at radius 2 is 1.90 bits per heavy atom. The molecule has 1 heterocycles. The van der Waals surface area contributed by atoms with Gasteiger partial charge in [-0.25, -0.2) is 4.39 Å². The van der Waals surface area contributed by atoms with Crippen LogP contribution < -0.4 is 15.4 Å². The summed E-state index contributed by atoms with van der Waals surface area (Å²) < 4.78 is 23.8. The maximum Gasteiger partial charge on any atom is 0.286 e. The van der Waals surface area contributed by atoms with Crippen LogP contribution in [0.1, 0.15) is 31.6 Å². The molecule has 0 radical (unpaired) electrons. The van der Waals surface area contributed by atoms with Gasteiger partial charge in [-0.3, -0.25) is 9.59 Å². The third-order valence-electron chi connectivity index (χ3n) is 4.03. The van der Waals surface area contributed by atoms with Crippen molar-refractivity contribution in [2.45, 2.75) is 13.0 Å². The van der Waals surface area contributed by atoms with Gasteiger partial charge >= 0.3 is 0 Å². The van der Waals surface area contributed by atoms with E-state index in [-0.39, 0.29) is 17.5 Å². The Bertz CT molecular complexity index is 1030. The number of amides is 2. The van der Waals surface area contributed by atoms with Crippen LogP contribution in [-0.2, 0) is 11.3 Å². The minimum atomic E-state index is -0.477. The smallest absolute Gasteiger partial charge is 0.286 e. The highest BCUT2D eigenvalue weighted by molar-refractivity contribution is 7.13. The Hall–Kier alpha value is -3.37. The maximum atomic E-state index is 13.2. The van der Waals surface area contributed by atoms with E-state index in [0.717, 1.165) is 17.8 Å². The fraction of sp³-hybridized carbons (Fsp3) is 0.238. The summed E-state index contributed by atoms with van der Waals surface area (Å²) in [4.78, 5) is 24.3. The molecule has 2 N–H and O–H groups in total. The van der Waals surface area contributed by atoms with Crippen molar-refractivity contribution >= 4 is 28.8 Å². The van der Waals surface area contributed by atoms with Gasteiger partial charge in [0.2, 0.25) is 5.01 Å². The van der Waals surface area contributed by atoms with Gasteiger partial charge < -0.3 is 20.1 Å². The SMILES string of the molecule is COCCCNC(=O)c1ccc(OCc2nnc(C(=O)Nc3cccc(F)c3)s2)cc1. The first-order valence-corrected chi connectivity index (χ1v) is 10.3. The maximum absolute atomic E-state index is 13.2. The number of ether oxygens (including phenoxy) is 2. The third-order valence-corrected chi connectivity index (χ3v) is 4.93. The predicted octanol–water partition coefficient (Wildman–Crippen LogP) is 3.27. The van der Waals surface area contributed by atoms with Gasteiger partial charge in [0.05, 0.1) is 0 Å². The van der Waals surface area contributed by atoms with E-state index in [4.69, 9.17) is 9.47 Å². The first kappa shape index (κ1) is 22.3. The van der Waals surface area contributed by atoms with Crippen molar-refractivity contribution in [3.63, 3.8) is 0 Å². The molecule has 0 saturated heterocycles. The quantitative estimate of drug-likeness (QED) is 0.466. The molecule has 3 rings (SSSR count). The molecule has 10 heteroatoms. The molecule has 2 amide bonds. The summed E-state index contributed by atoms with van der Waals surface area (Å²) >= 11 is 1.08. The minimum absolute atomic E-state index is 0.119. The molecule has 2 aromatic carbocycles. The minimum Gasteiger partial charge on any atom is -0.486 e. The van der Waals surface area contributed by atoms with Crippen molar-refractivity contribution in [2.75, 3.05) is 25.6 Å². The highest BCUT2D eigenvalue weighted by atomic mass is 32.1. The highest BCUT2D eigenvalue weighted by Gasteiger charge is 2.14. The van der Waals surface area contributed by atoms with E-state index in [0.29, 0.717) is 35.2 Å². The van der Waals surface area contributed by atoms with E-state index < -0.39 is 11.7 Å². The molecule has 0 unspecified atom stereocenters. The zero-order valence-electron chi connectivity index (χ0n) is 16.8. The van der Waals surface area contributed by atoms with Crippen molar-refractivity contribution in [1.82, 2.24) is 15.5 Å². The average Bonchev–Trinajstić information content (AvgIpc) is 3.25. The molecule has 0 aliphatic carbocycles. The number of methoxy groups -OCH3 is 1. The Kier molecular flexibility index (Phi) is 8.02. The largest absolute Gasteiger partial charge is 0.486 e. The molecule has 3 aromatic rings. The van der Waals surface area contributed by atoms with E-state index in [1.807, 2.05) is 0 Å². The Labute approximate surface area is 182 Å². The van der Waals surface area contributed by atoms with Gasteiger partial charge in [0.25, 0.3) is 11.8 Å². The van der Waals surface area contributed by atoms with Crippen molar-refractivity contribution in [2.24, 2.45) is 0 Å². The van der Waals surface area contributed by atoms with Crippen molar-refractivity contribution < 1.29 is 23.5 Å². The number of rotatable bonds is 10. The van der Waals surface area contributed by atoms with Gasteiger partial charge in [-0.15, -0.1) is 10.2 Å². The lowest BCUT2D eigenvalue weighted by molar-refractivity contribution is 0.0947. The molecule has 31 heavy (non-hydrogen) atoms.